The van der Waals surface area contributed by atoms with E-state index in [-0.39, 0.29) is 11.5 Å². The molecule has 0 aliphatic carbocycles. The maximum Gasteiger partial charge on any atom is 0.244 e. The number of nitrogens with zero attached hydrogens (tertiary/aromatic N) is 2. The van der Waals surface area contributed by atoms with Crippen LogP contribution in [0.25, 0.3) is 11.4 Å². The number of hydrogen-bond donors (Lipinski definition) is 2. The zero-order valence-corrected chi connectivity index (χ0v) is 11.6. The van der Waals surface area contributed by atoms with Crippen LogP contribution in [0.5, 0.6) is 0 Å². The van der Waals surface area contributed by atoms with E-state index < -0.39 is 0 Å². The van der Waals surface area contributed by atoms with Crippen LogP contribution >= 0.6 is 0 Å². The van der Waals surface area contributed by atoms with Gasteiger partial charge >= 0.3 is 0 Å². The average Bonchev–Trinajstić information content (AvgIpc) is 2.86. The van der Waals surface area contributed by atoms with E-state index in [1.807, 2.05) is 45.0 Å². The summed E-state index contributed by atoms with van der Waals surface area (Å²) >= 11 is 0. The first-order valence-electron chi connectivity index (χ1n) is 6.30. The van der Waals surface area contributed by atoms with Crippen molar-refractivity contribution in [2.75, 3.05) is 0 Å². The number of rotatable bonds is 3. The number of hydrogen-bond acceptors (Lipinski definition) is 5. The van der Waals surface area contributed by atoms with Crippen molar-refractivity contribution in [2.45, 2.75) is 33.4 Å². The van der Waals surface area contributed by atoms with E-state index in [1.54, 1.807) is 0 Å². The second-order valence-electron chi connectivity index (χ2n) is 5.70. The second-order valence-corrected chi connectivity index (χ2v) is 5.70. The summed E-state index contributed by atoms with van der Waals surface area (Å²) in [7, 11) is 0. The molecule has 0 radical (unpaired) electrons. The molecular weight excluding hydrogens is 240 g/mol. The van der Waals surface area contributed by atoms with Gasteiger partial charge < -0.3 is 16.0 Å². The van der Waals surface area contributed by atoms with Gasteiger partial charge in [0.15, 0.2) is 0 Å². The maximum absolute atomic E-state index is 6.10. The van der Waals surface area contributed by atoms with E-state index in [2.05, 4.69) is 10.1 Å². The molecule has 0 unspecified atom stereocenters. The second kappa shape index (κ2) is 5.11. The average molecular weight is 260 g/mol. The van der Waals surface area contributed by atoms with E-state index in [4.69, 9.17) is 16.0 Å². The Bertz CT molecular complexity index is 539. The highest BCUT2D eigenvalue weighted by molar-refractivity contribution is 5.54. The van der Waals surface area contributed by atoms with Crippen LogP contribution < -0.4 is 11.5 Å². The Kier molecular flexibility index (Phi) is 3.68. The maximum atomic E-state index is 6.10. The highest BCUT2D eigenvalue weighted by atomic mass is 16.5. The molecule has 0 fully saturated rings. The highest BCUT2D eigenvalue weighted by Crippen LogP contribution is 2.30. The normalized spacial score (nSPS) is 13.5. The van der Waals surface area contributed by atoms with Crippen LogP contribution in [0.1, 0.15) is 38.3 Å². The van der Waals surface area contributed by atoms with Crippen LogP contribution in [-0.4, -0.2) is 10.1 Å². The molecule has 0 aliphatic rings. The van der Waals surface area contributed by atoms with Gasteiger partial charge in [0.2, 0.25) is 11.7 Å². The molecule has 2 aromatic rings. The number of nitrogens with two attached hydrogens (primary N) is 2. The molecule has 0 spiro atoms. The van der Waals surface area contributed by atoms with Gasteiger partial charge in [-0.2, -0.15) is 4.98 Å². The zero-order valence-electron chi connectivity index (χ0n) is 11.6. The molecule has 0 bridgehead atoms. The predicted octanol–water partition coefficient (Wildman–Crippen LogP) is 2.24. The molecule has 0 aliphatic heterocycles. The van der Waals surface area contributed by atoms with Gasteiger partial charge in [0, 0.05) is 12.1 Å². The van der Waals surface area contributed by atoms with Crippen molar-refractivity contribution in [3.05, 3.63) is 35.7 Å². The molecule has 0 saturated heterocycles. The molecule has 19 heavy (non-hydrogen) atoms. The van der Waals surface area contributed by atoms with Gasteiger partial charge in [-0.05, 0) is 11.0 Å². The fourth-order valence-electron chi connectivity index (χ4n) is 1.64. The molecule has 5 nitrogen and oxygen atoms in total. The molecule has 1 aromatic carbocycles. The van der Waals surface area contributed by atoms with E-state index in [0.29, 0.717) is 18.3 Å². The Balaban J connectivity index is 2.25. The van der Waals surface area contributed by atoms with Gasteiger partial charge in [-0.25, -0.2) is 0 Å². The lowest BCUT2D eigenvalue weighted by molar-refractivity contribution is 0.253. The summed E-state index contributed by atoms with van der Waals surface area (Å²) in [6.45, 7) is 6.64. The summed E-state index contributed by atoms with van der Waals surface area (Å²) in [5.41, 5.74) is 13.5. The van der Waals surface area contributed by atoms with E-state index in [9.17, 15) is 0 Å². The third-order valence-electron chi connectivity index (χ3n) is 3.09. The molecule has 1 atom stereocenters. The molecule has 0 saturated carbocycles. The quantitative estimate of drug-likeness (QED) is 0.883. The van der Waals surface area contributed by atoms with Crippen molar-refractivity contribution in [3.8, 4) is 11.4 Å². The Labute approximate surface area is 113 Å². The number of benzene rings is 1. The fourth-order valence-corrected chi connectivity index (χ4v) is 1.64. The zero-order chi connectivity index (χ0) is 14.0. The van der Waals surface area contributed by atoms with Crippen molar-refractivity contribution >= 4 is 0 Å². The van der Waals surface area contributed by atoms with Gasteiger partial charge in [0.25, 0.3) is 0 Å². The topological polar surface area (TPSA) is 91.0 Å². The predicted molar refractivity (Wildman–Crippen MR) is 74.0 cm³/mol. The Morgan fingerprint density at radius 1 is 1.21 bits per heavy atom. The van der Waals surface area contributed by atoms with Crippen LogP contribution in [0.15, 0.2) is 28.8 Å². The fraction of sp³-hybridized carbons (Fsp3) is 0.429. The summed E-state index contributed by atoms with van der Waals surface area (Å²) < 4.78 is 5.25. The van der Waals surface area contributed by atoms with Crippen molar-refractivity contribution in [3.63, 3.8) is 0 Å². The SMILES string of the molecule is CC(C)(C)[C@H](N)c1nc(-c2ccc(CN)cc2)no1. The van der Waals surface area contributed by atoms with Crippen LogP contribution in [-0.2, 0) is 6.54 Å². The van der Waals surface area contributed by atoms with E-state index in [0.717, 1.165) is 11.1 Å². The smallest absolute Gasteiger partial charge is 0.244 e. The summed E-state index contributed by atoms with van der Waals surface area (Å²) in [4.78, 5) is 4.37. The van der Waals surface area contributed by atoms with Gasteiger partial charge in [0.05, 0.1) is 6.04 Å². The summed E-state index contributed by atoms with van der Waals surface area (Å²) in [6.07, 6.45) is 0. The summed E-state index contributed by atoms with van der Waals surface area (Å²) in [6, 6.07) is 7.49. The molecule has 102 valence electrons. The van der Waals surface area contributed by atoms with E-state index >= 15 is 0 Å². The lowest BCUT2D eigenvalue weighted by Crippen LogP contribution is -2.26. The van der Waals surface area contributed by atoms with Gasteiger partial charge in [0.1, 0.15) is 0 Å². The van der Waals surface area contributed by atoms with Crippen LogP contribution in [0.2, 0.25) is 0 Å². The molecule has 5 heteroatoms. The Morgan fingerprint density at radius 3 is 2.37 bits per heavy atom. The van der Waals surface area contributed by atoms with Gasteiger partial charge in [-0.1, -0.05) is 50.2 Å². The monoisotopic (exact) mass is 260 g/mol. The highest BCUT2D eigenvalue weighted by Gasteiger charge is 2.27. The lowest BCUT2D eigenvalue weighted by atomic mass is 9.87. The van der Waals surface area contributed by atoms with Crippen LogP contribution in [0.3, 0.4) is 0 Å². The molecule has 2 rings (SSSR count). The standard InChI is InChI=1S/C14H20N4O/c1-14(2,3)11(16)13-17-12(18-19-13)10-6-4-9(8-15)5-7-10/h4-7,11H,8,15-16H2,1-3H3/t11-/m1/s1. The third-order valence-corrected chi connectivity index (χ3v) is 3.09. The molecule has 0 amide bonds. The van der Waals surface area contributed by atoms with Gasteiger partial charge in [-0.3, -0.25) is 0 Å². The van der Waals surface area contributed by atoms with Crippen molar-refractivity contribution in [1.29, 1.82) is 0 Å². The largest absolute Gasteiger partial charge is 0.337 e. The minimum Gasteiger partial charge on any atom is -0.337 e. The van der Waals surface area contributed by atoms with Gasteiger partial charge in [-0.15, -0.1) is 0 Å². The Hall–Kier alpha value is -1.72. The van der Waals surface area contributed by atoms with E-state index in [1.165, 1.54) is 0 Å². The van der Waals surface area contributed by atoms with Crippen molar-refractivity contribution in [2.24, 2.45) is 16.9 Å². The number of aromatic nitrogens is 2. The summed E-state index contributed by atoms with van der Waals surface area (Å²) in [5.74, 6) is 1.02. The molecular formula is C14H20N4O. The molecule has 1 aromatic heterocycles. The minimum atomic E-state index is -0.280. The van der Waals surface area contributed by atoms with Crippen molar-refractivity contribution < 1.29 is 4.52 Å². The lowest BCUT2D eigenvalue weighted by Gasteiger charge is -2.23. The van der Waals surface area contributed by atoms with Crippen LogP contribution in [0, 0.1) is 5.41 Å². The molecule has 1 heterocycles. The summed E-state index contributed by atoms with van der Waals surface area (Å²) in [5, 5.41) is 3.98. The minimum absolute atomic E-state index is 0.118. The van der Waals surface area contributed by atoms with Crippen molar-refractivity contribution in [1.82, 2.24) is 10.1 Å². The molecule has 4 N–H and O–H groups in total. The third kappa shape index (κ3) is 3.00. The van der Waals surface area contributed by atoms with Crippen LogP contribution in [0.4, 0.5) is 0 Å². The first-order valence-corrected chi connectivity index (χ1v) is 6.30. The Morgan fingerprint density at radius 2 is 1.84 bits per heavy atom. The first-order chi connectivity index (χ1) is 8.91. The first kappa shape index (κ1) is 13.7.